The van der Waals surface area contributed by atoms with Crippen molar-refractivity contribution in [1.29, 1.82) is 0 Å². The summed E-state index contributed by atoms with van der Waals surface area (Å²) in [6, 6.07) is 9.60. The van der Waals surface area contributed by atoms with Gasteiger partial charge in [0.1, 0.15) is 23.2 Å². The van der Waals surface area contributed by atoms with Crippen molar-refractivity contribution < 1.29 is 13.5 Å². The molecule has 0 radical (unpaired) electrons. The molecular weight excluding hydrogens is 424 g/mol. The summed E-state index contributed by atoms with van der Waals surface area (Å²) in [5.41, 5.74) is 2.79. The van der Waals surface area contributed by atoms with Crippen LogP contribution in [-0.4, -0.2) is 31.4 Å². The Kier molecular flexibility index (Phi) is 5.50. The minimum Gasteiger partial charge on any atom is -0.495 e. The van der Waals surface area contributed by atoms with E-state index in [0.29, 0.717) is 22.8 Å². The van der Waals surface area contributed by atoms with Gasteiger partial charge in [-0.3, -0.25) is 0 Å². The van der Waals surface area contributed by atoms with Gasteiger partial charge in [-0.15, -0.1) is 0 Å². The van der Waals surface area contributed by atoms with E-state index in [9.17, 15) is 8.78 Å². The molecule has 6 nitrogen and oxygen atoms in total. The predicted octanol–water partition coefficient (Wildman–Crippen LogP) is 5.16. The minimum atomic E-state index is -0.387. The van der Waals surface area contributed by atoms with Crippen LogP contribution in [0.15, 0.2) is 48.9 Å². The zero-order valence-electron chi connectivity index (χ0n) is 18.4. The number of ether oxygens (including phenoxy) is 1. The number of imidazole rings is 1. The SMILES string of the molecule is COc1cc(C=Cc2nc3n(n2)CCCC3c2ccc(F)cc2)c(F)cc1-n1cnc(C)c1. The number of hydrogen-bond donors (Lipinski definition) is 0. The lowest BCUT2D eigenvalue weighted by atomic mass is 9.91. The molecule has 1 aliphatic heterocycles. The number of hydrogen-bond acceptors (Lipinski definition) is 4. The fourth-order valence-corrected chi connectivity index (χ4v) is 4.22. The summed E-state index contributed by atoms with van der Waals surface area (Å²) in [6.07, 6.45) is 8.67. The molecule has 0 saturated carbocycles. The normalized spacial score (nSPS) is 15.7. The topological polar surface area (TPSA) is 57.8 Å². The molecule has 1 aliphatic rings. The van der Waals surface area contributed by atoms with Gasteiger partial charge in [-0.1, -0.05) is 12.1 Å². The van der Waals surface area contributed by atoms with Gasteiger partial charge in [0.2, 0.25) is 0 Å². The molecule has 33 heavy (non-hydrogen) atoms. The Morgan fingerprint density at radius 3 is 2.67 bits per heavy atom. The third-order valence-electron chi connectivity index (χ3n) is 5.86. The maximum atomic E-state index is 14.9. The zero-order chi connectivity index (χ0) is 22.9. The first-order valence-corrected chi connectivity index (χ1v) is 10.8. The van der Waals surface area contributed by atoms with E-state index in [0.717, 1.165) is 36.5 Å². The van der Waals surface area contributed by atoms with Crippen molar-refractivity contribution in [2.45, 2.75) is 32.2 Å². The molecule has 1 unspecified atom stereocenters. The molecule has 0 aliphatic carbocycles. The summed E-state index contributed by atoms with van der Waals surface area (Å²) in [6.45, 7) is 2.64. The van der Waals surface area contributed by atoms with E-state index < -0.39 is 0 Å². The van der Waals surface area contributed by atoms with E-state index in [4.69, 9.17) is 9.72 Å². The van der Waals surface area contributed by atoms with E-state index in [-0.39, 0.29) is 17.6 Å². The molecule has 0 saturated heterocycles. The number of nitrogens with zero attached hydrogens (tertiary/aromatic N) is 5. The number of aromatic nitrogens is 5. The Balaban J connectivity index is 1.44. The third-order valence-corrected chi connectivity index (χ3v) is 5.86. The van der Waals surface area contributed by atoms with Crippen molar-refractivity contribution in [2.75, 3.05) is 7.11 Å². The minimum absolute atomic E-state index is 0.0590. The van der Waals surface area contributed by atoms with Crippen LogP contribution >= 0.6 is 0 Å². The molecule has 0 N–H and O–H groups in total. The highest BCUT2D eigenvalue weighted by atomic mass is 19.1. The predicted molar refractivity (Wildman–Crippen MR) is 121 cm³/mol. The lowest BCUT2D eigenvalue weighted by Gasteiger charge is -2.22. The number of halogens is 2. The standard InChI is InChI=1S/C25H23F2N5O/c1-16-14-31(15-28-16)22-13-21(27)18(12-23(22)33-2)7-10-24-29-25-20(4-3-11-32(25)30-24)17-5-8-19(26)9-6-17/h5-10,12-15,20H,3-4,11H2,1-2H3. The maximum Gasteiger partial charge on any atom is 0.174 e. The van der Waals surface area contributed by atoms with Crippen LogP contribution in [0, 0.1) is 18.6 Å². The highest BCUT2D eigenvalue weighted by Crippen LogP contribution is 2.32. The Bertz CT molecular complexity index is 1320. The summed E-state index contributed by atoms with van der Waals surface area (Å²) in [7, 11) is 1.55. The van der Waals surface area contributed by atoms with Crippen LogP contribution in [0.25, 0.3) is 17.8 Å². The fourth-order valence-electron chi connectivity index (χ4n) is 4.22. The molecule has 4 aromatic rings. The lowest BCUT2D eigenvalue weighted by molar-refractivity contribution is 0.411. The first kappa shape index (κ1) is 21.1. The average Bonchev–Trinajstić information content (AvgIpc) is 3.44. The van der Waals surface area contributed by atoms with Gasteiger partial charge in [0.25, 0.3) is 0 Å². The van der Waals surface area contributed by atoms with E-state index in [2.05, 4.69) is 10.1 Å². The summed E-state index contributed by atoms with van der Waals surface area (Å²) in [4.78, 5) is 8.89. The van der Waals surface area contributed by atoms with Gasteiger partial charge < -0.3 is 9.30 Å². The third kappa shape index (κ3) is 4.16. The highest BCUT2D eigenvalue weighted by molar-refractivity contribution is 5.69. The molecule has 2 aromatic carbocycles. The largest absolute Gasteiger partial charge is 0.495 e. The van der Waals surface area contributed by atoms with Gasteiger partial charge in [0.05, 0.1) is 24.8 Å². The van der Waals surface area contributed by atoms with Crippen LogP contribution in [0.2, 0.25) is 0 Å². The Morgan fingerprint density at radius 1 is 1.12 bits per heavy atom. The van der Waals surface area contributed by atoms with Gasteiger partial charge in [-0.2, -0.15) is 5.10 Å². The van der Waals surface area contributed by atoms with Crippen LogP contribution in [0.1, 0.15) is 47.2 Å². The van der Waals surface area contributed by atoms with Crippen molar-refractivity contribution in [2.24, 2.45) is 0 Å². The van der Waals surface area contributed by atoms with Crippen LogP contribution in [-0.2, 0) is 6.54 Å². The van der Waals surface area contributed by atoms with Crippen molar-refractivity contribution in [1.82, 2.24) is 24.3 Å². The summed E-state index contributed by atoms with van der Waals surface area (Å²) in [5.74, 6) is 1.29. The molecule has 2 aromatic heterocycles. The van der Waals surface area contributed by atoms with Gasteiger partial charge in [0.15, 0.2) is 5.82 Å². The quantitative estimate of drug-likeness (QED) is 0.424. The average molecular weight is 447 g/mol. The molecule has 0 amide bonds. The summed E-state index contributed by atoms with van der Waals surface area (Å²) in [5, 5.41) is 4.58. The van der Waals surface area contributed by atoms with Gasteiger partial charge in [0, 0.05) is 30.3 Å². The van der Waals surface area contributed by atoms with E-state index >= 15 is 0 Å². The van der Waals surface area contributed by atoms with E-state index in [1.165, 1.54) is 18.2 Å². The van der Waals surface area contributed by atoms with Crippen molar-refractivity contribution in [3.63, 3.8) is 0 Å². The second-order valence-corrected chi connectivity index (χ2v) is 8.10. The maximum absolute atomic E-state index is 14.9. The van der Waals surface area contributed by atoms with E-state index in [1.807, 2.05) is 17.8 Å². The monoisotopic (exact) mass is 447 g/mol. The molecular formula is C25H23F2N5O. The first-order valence-electron chi connectivity index (χ1n) is 10.8. The number of aryl methyl sites for hydroxylation is 2. The van der Waals surface area contributed by atoms with Crippen LogP contribution in [0.5, 0.6) is 5.75 Å². The first-order chi connectivity index (χ1) is 16.0. The number of benzene rings is 2. The summed E-state index contributed by atoms with van der Waals surface area (Å²) >= 11 is 0. The highest BCUT2D eigenvalue weighted by Gasteiger charge is 2.25. The van der Waals surface area contributed by atoms with Crippen molar-refractivity contribution >= 4 is 12.2 Å². The second kappa shape index (κ2) is 8.61. The number of rotatable bonds is 5. The van der Waals surface area contributed by atoms with Gasteiger partial charge >= 0.3 is 0 Å². The summed E-state index contributed by atoms with van der Waals surface area (Å²) < 4.78 is 37.3. The number of methoxy groups -OCH3 is 1. The lowest BCUT2D eigenvalue weighted by Crippen LogP contribution is -2.17. The Morgan fingerprint density at radius 2 is 1.94 bits per heavy atom. The van der Waals surface area contributed by atoms with Gasteiger partial charge in [-0.25, -0.2) is 23.4 Å². The molecule has 0 bridgehead atoms. The molecule has 3 heterocycles. The van der Waals surface area contributed by atoms with Crippen molar-refractivity contribution in [3.05, 3.63) is 89.0 Å². The van der Waals surface area contributed by atoms with Crippen LogP contribution in [0.3, 0.4) is 0 Å². The van der Waals surface area contributed by atoms with Crippen molar-refractivity contribution in [3.8, 4) is 11.4 Å². The molecule has 168 valence electrons. The molecule has 8 heteroatoms. The molecule has 1 atom stereocenters. The van der Waals surface area contributed by atoms with Gasteiger partial charge in [-0.05, 0) is 55.7 Å². The van der Waals surface area contributed by atoms with Crippen LogP contribution in [0.4, 0.5) is 8.78 Å². The zero-order valence-corrected chi connectivity index (χ0v) is 18.4. The smallest absolute Gasteiger partial charge is 0.174 e. The second-order valence-electron chi connectivity index (χ2n) is 8.10. The Hall–Kier alpha value is -3.81. The van der Waals surface area contributed by atoms with E-state index in [1.54, 1.807) is 48.4 Å². The molecule has 5 rings (SSSR count). The molecule has 0 spiro atoms. The fraction of sp³-hybridized carbons (Fsp3) is 0.240. The Labute approximate surface area is 190 Å². The van der Waals surface area contributed by atoms with Crippen LogP contribution < -0.4 is 4.74 Å². The molecule has 0 fully saturated rings. The number of fused-ring (bicyclic) bond motifs is 1.